The van der Waals surface area contributed by atoms with Crippen LogP contribution in [0.4, 0.5) is 0 Å². The zero-order chi connectivity index (χ0) is 14.7. The molecule has 0 saturated carbocycles. The number of benzene rings is 1. The third-order valence-electron chi connectivity index (χ3n) is 3.71. The Balaban J connectivity index is 1.65. The van der Waals surface area contributed by atoms with Crippen LogP contribution in [-0.2, 0) is 11.3 Å². The molecule has 0 amide bonds. The molecular weight excluding hydrogens is 272 g/mol. The van der Waals surface area contributed by atoms with Gasteiger partial charge in [-0.1, -0.05) is 5.21 Å². The van der Waals surface area contributed by atoms with Gasteiger partial charge in [0.05, 0.1) is 24.3 Å². The van der Waals surface area contributed by atoms with Gasteiger partial charge in [-0.25, -0.2) is 9.48 Å². The highest BCUT2D eigenvalue weighted by atomic mass is 16.5. The van der Waals surface area contributed by atoms with Gasteiger partial charge in [0.2, 0.25) is 0 Å². The van der Waals surface area contributed by atoms with Crippen molar-refractivity contribution in [2.24, 2.45) is 0 Å². The van der Waals surface area contributed by atoms with Gasteiger partial charge in [-0.15, -0.1) is 5.10 Å². The minimum absolute atomic E-state index is 0.263. The average molecular weight is 290 g/mol. The van der Waals surface area contributed by atoms with Crippen LogP contribution in [0.2, 0.25) is 0 Å². The van der Waals surface area contributed by atoms with Crippen LogP contribution in [0.3, 0.4) is 0 Å². The Bertz CT molecular complexity index is 634. The van der Waals surface area contributed by atoms with Crippen molar-refractivity contribution in [3.05, 3.63) is 23.8 Å². The molecule has 0 radical (unpaired) electrons. The third kappa shape index (κ3) is 3.20. The van der Waals surface area contributed by atoms with Gasteiger partial charge < -0.3 is 9.84 Å². The van der Waals surface area contributed by atoms with Gasteiger partial charge in [-0.3, -0.25) is 4.90 Å². The lowest BCUT2D eigenvalue weighted by Crippen LogP contribution is -2.37. The Morgan fingerprint density at radius 1 is 1.29 bits per heavy atom. The molecule has 21 heavy (non-hydrogen) atoms. The second-order valence-electron chi connectivity index (χ2n) is 5.13. The van der Waals surface area contributed by atoms with Crippen molar-refractivity contribution in [1.29, 1.82) is 0 Å². The molecule has 112 valence electrons. The summed E-state index contributed by atoms with van der Waals surface area (Å²) in [5.41, 5.74) is 1.77. The summed E-state index contributed by atoms with van der Waals surface area (Å²) in [6.45, 7) is 5.27. The summed E-state index contributed by atoms with van der Waals surface area (Å²) in [5.74, 6) is -0.932. The quantitative estimate of drug-likeness (QED) is 0.879. The number of hydrogen-bond acceptors (Lipinski definition) is 5. The summed E-state index contributed by atoms with van der Waals surface area (Å²) in [7, 11) is 0. The van der Waals surface area contributed by atoms with E-state index in [2.05, 4.69) is 15.2 Å². The number of rotatable bonds is 5. The number of ether oxygens (including phenoxy) is 1. The van der Waals surface area contributed by atoms with Crippen LogP contribution in [0.5, 0.6) is 0 Å². The maximum Gasteiger partial charge on any atom is 0.335 e. The Morgan fingerprint density at radius 3 is 2.86 bits per heavy atom. The summed E-state index contributed by atoms with van der Waals surface area (Å²) >= 11 is 0. The number of carboxylic acids is 1. The molecule has 1 aliphatic heterocycles. The van der Waals surface area contributed by atoms with Crippen molar-refractivity contribution in [3.63, 3.8) is 0 Å². The summed E-state index contributed by atoms with van der Waals surface area (Å²) in [6.07, 6.45) is 0.954. The van der Waals surface area contributed by atoms with Crippen LogP contribution in [-0.4, -0.2) is 63.8 Å². The first kappa shape index (κ1) is 14.0. The van der Waals surface area contributed by atoms with Gasteiger partial charge in [-0.05, 0) is 24.6 Å². The minimum atomic E-state index is -0.932. The van der Waals surface area contributed by atoms with Gasteiger partial charge >= 0.3 is 5.97 Å². The van der Waals surface area contributed by atoms with Crippen molar-refractivity contribution in [3.8, 4) is 0 Å². The van der Waals surface area contributed by atoms with Crippen LogP contribution < -0.4 is 0 Å². The zero-order valence-corrected chi connectivity index (χ0v) is 11.7. The van der Waals surface area contributed by atoms with Gasteiger partial charge in [0.1, 0.15) is 5.52 Å². The predicted octanol–water partition coefficient (Wildman–Crippen LogP) is 0.852. The fourth-order valence-corrected chi connectivity index (χ4v) is 2.53. The largest absolute Gasteiger partial charge is 0.478 e. The van der Waals surface area contributed by atoms with E-state index < -0.39 is 5.97 Å². The lowest BCUT2D eigenvalue weighted by atomic mass is 10.2. The van der Waals surface area contributed by atoms with Crippen molar-refractivity contribution in [2.45, 2.75) is 13.0 Å². The number of carbonyl (C=O) groups is 1. The number of morpholine rings is 1. The molecule has 1 N–H and O–H groups in total. The second kappa shape index (κ2) is 6.19. The minimum Gasteiger partial charge on any atom is -0.478 e. The highest BCUT2D eigenvalue weighted by Crippen LogP contribution is 2.14. The summed E-state index contributed by atoms with van der Waals surface area (Å²) in [6, 6.07) is 4.88. The SMILES string of the molecule is O=C(O)c1ccc2nnn(CCCN3CCOCC3)c2c1. The van der Waals surface area contributed by atoms with E-state index in [4.69, 9.17) is 9.84 Å². The number of nitrogens with zero attached hydrogens (tertiary/aromatic N) is 4. The lowest BCUT2D eigenvalue weighted by molar-refractivity contribution is 0.0368. The first-order valence-electron chi connectivity index (χ1n) is 7.11. The molecule has 1 aromatic heterocycles. The first-order valence-corrected chi connectivity index (χ1v) is 7.11. The van der Waals surface area contributed by atoms with E-state index >= 15 is 0 Å². The Labute approximate surface area is 122 Å². The number of aromatic carboxylic acids is 1. The molecule has 2 aromatic rings. The van der Waals surface area contributed by atoms with Gasteiger partial charge in [0.25, 0.3) is 0 Å². The standard InChI is InChI=1S/C14H18N4O3/c19-14(20)11-2-3-12-13(10-11)18(16-15-12)5-1-4-17-6-8-21-9-7-17/h2-3,10H,1,4-9H2,(H,19,20). The maximum absolute atomic E-state index is 11.0. The smallest absolute Gasteiger partial charge is 0.335 e. The number of aryl methyl sites for hydroxylation is 1. The van der Waals surface area contributed by atoms with Crippen LogP contribution in [0.25, 0.3) is 11.0 Å². The highest BCUT2D eigenvalue weighted by Gasteiger charge is 2.11. The van der Waals surface area contributed by atoms with Gasteiger partial charge in [0, 0.05) is 26.2 Å². The molecule has 0 atom stereocenters. The second-order valence-corrected chi connectivity index (χ2v) is 5.13. The van der Waals surface area contributed by atoms with E-state index in [9.17, 15) is 4.79 Å². The summed E-state index contributed by atoms with van der Waals surface area (Å²) in [5, 5.41) is 17.2. The third-order valence-corrected chi connectivity index (χ3v) is 3.71. The van der Waals surface area contributed by atoms with E-state index in [0.717, 1.165) is 56.8 Å². The molecule has 0 aliphatic carbocycles. The Morgan fingerprint density at radius 2 is 2.10 bits per heavy atom. The van der Waals surface area contributed by atoms with Crippen molar-refractivity contribution >= 4 is 17.0 Å². The zero-order valence-electron chi connectivity index (χ0n) is 11.7. The molecule has 1 aliphatic rings. The molecular formula is C14H18N4O3. The normalized spacial score (nSPS) is 16.4. The van der Waals surface area contributed by atoms with Crippen LogP contribution >= 0.6 is 0 Å². The van der Waals surface area contributed by atoms with E-state index in [1.807, 2.05) is 0 Å². The predicted molar refractivity (Wildman–Crippen MR) is 76.4 cm³/mol. The maximum atomic E-state index is 11.0. The van der Waals surface area contributed by atoms with E-state index in [0.29, 0.717) is 0 Å². The average Bonchev–Trinajstić information content (AvgIpc) is 2.91. The van der Waals surface area contributed by atoms with Crippen LogP contribution in [0.15, 0.2) is 18.2 Å². The van der Waals surface area contributed by atoms with E-state index in [1.54, 1.807) is 22.9 Å². The topological polar surface area (TPSA) is 80.5 Å². The fourth-order valence-electron chi connectivity index (χ4n) is 2.53. The molecule has 1 aromatic carbocycles. The Kier molecular flexibility index (Phi) is 4.12. The van der Waals surface area contributed by atoms with Gasteiger partial charge in [-0.2, -0.15) is 0 Å². The number of aromatic nitrogens is 3. The van der Waals surface area contributed by atoms with Crippen molar-refractivity contribution in [1.82, 2.24) is 19.9 Å². The summed E-state index contributed by atoms with van der Waals surface area (Å²) in [4.78, 5) is 13.4. The number of fused-ring (bicyclic) bond motifs is 1. The van der Waals surface area contributed by atoms with E-state index in [-0.39, 0.29) is 5.56 Å². The van der Waals surface area contributed by atoms with Gasteiger partial charge in [0.15, 0.2) is 0 Å². The molecule has 1 fully saturated rings. The first-order chi connectivity index (χ1) is 10.2. The molecule has 0 spiro atoms. The molecule has 3 rings (SSSR count). The number of carboxylic acid groups (broad SMARTS) is 1. The lowest BCUT2D eigenvalue weighted by Gasteiger charge is -2.26. The fraction of sp³-hybridized carbons (Fsp3) is 0.500. The number of hydrogen-bond donors (Lipinski definition) is 1. The van der Waals surface area contributed by atoms with Crippen LogP contribution in [0, 0.1) is 0 Å². The molecule has 0 bridgehead atoms. The molecule has 0 unspecified atom stereocenters. The van der Waals surface area contributed by atoms with E-state index in [1.165, 1.54) is 0 Å². The molecule has 2 heterocycles. The monoisotopic (exact) mass is 290 g/mol. The highest BCUT2D eigenvalue weighted by molar-refractivity contribution is 5.92. The summed E-state index contributed by atoms with van der Waals surface area (Å²) < 4.78 is 7.10. The van der Waals surface area contributed by atoms with Crippen molar-refractivity contribution < 1.29 is 14.6 Å². The Hall–Kier alpha value is -1.99. The van der Waals surface area contributed by atoms with Crippen molar-refractivity contribution in [2.75, 3.05) is 32.8 Å². The molecule has 7 nitrogen and oxygen atoms in total. The van der Waals surface area contributed by atoms with Crippen LogP contribution in [0.1, 0.15) is 16.8 Å². The molecule has 7 heteroatoms. The molecule has 1 saturated heterocycles.